The number of rotatable bonds is 2. The number of amides is 1. The number of hydrogen-bond acceptors (Lipinski definition) is 3. The van der Waals surface area contributed by atoms with Crippen LogP contribution in [0.25, 0.3) is 11.3 Å². The summed E-state index contributed by atoms with van der Waals surface area (Å²) in [5.74, 6) is 0.0494. The first-order valence-electron chi connectivity index (χ1n) is 8.10. The lowest BCUT2D eigenvalue weighted by molar-refractivity contribution is -0.137. The molecule has 2 aromatic rings. The van der Waals surface area contributed by atoms with Crippen molar-refractivity contribution in [3.05, 3.63) is 47.9 Å². The van der Waals surface area contributed by atoms with E-state index in [1.165, 1.54) is 25.3 Å². The minimum Gasteiger partial charge on any atom is -0.342 e. The number of halogens is 3. The molecule has 1 aliphatic rings. The van der Waals surface area contributed by atoms with Crippen LogP contribution in [0.15, 0.2) is 36.7 Å². The third-order valence-corrected chi connectivity index (χ3v) is 4.47. The zero-order valence-electron chi connectivity index (χ0n) is 13.8. The molecule has 3 rings (SSSR count). The van der Waals surface area contributed by atoms with E-state index in [1.54, 1.807) is 11.1 Å². The normalized spacial score (nSPS) is 18.2. The second-order valence-electron chi connectivity index (χ2n) is 6.17. The molecule has 132 valence electrons. The summed E-state index contributed by atoms with van der Waals surface area (Å²) in [7, 11) is 0. The summed E-state index contributed by atoms with van der Waals surface area (Å²) in [4.78, 5) is 22.2. The predicted octanol–water partition coefficient (Wildman–Crippen LogP) is 3.89. The summed E-state index contributed by atoms with van der Waals surface area (Å²) in [6.07, 6.45) is 0.482. The first-order chi connectivity index (χ1) is 11.9. The van der Waals surface area contributed by atoms with Gasteiger partial charge in [-0.2, -0.15) is 13.2 Å². The largest absolute Gasteiger partial charge is 0.416 e. The SMILES string of the molecule is CC(=O)N1CCCC(c2nccnc2-c2ccc(C(F)(F)F)cc2)C1. The smallest absolute Gasteiger partial charge is 0.342 e. The van der Waals surface area contributed by atoms with Crippen LogP contribution in [-0.4, -0.2) is 33.9 Å². The molecule has 4 nitrogen and oxygen atoms in total. The van der Waals surface area contributed by atoms with Crippen molar-refractivity contribution in [1.82, 2.24) is 14.9 Å². The molecular weight excluding hydrogens is 331 g/mol. The van der Waals surface area contributed by atoms with Crippen LogP contribution in [0.1, 0.15) is 36.9 Å². The van der Waals surface area contributed by atoms with Gasteiger partial charge in [-0.1, -0.05) is 12.1 Å². The quantitative estimate of drug-likeness (QED) is 0.826. The molecule has 1 atom stereocenters. The lowest BCUT2D eigenvalue weighted by Crippen LogP contribution is -2.38. The Hall–Kier alpha value is -2.44. The first kappa shape index (κ1) is 17.4. The van der Waals surface area contributed by atoms with Gasteiger partial charge in [-0.25, -0.2) is 0 Å². The Labute approximate surface area is 143 Å². The molecule has 0 radical (unpaired) electrons. The van der Waals surface area contributed by atoms with Crippen molar-refractivity contribution in [2.75, 3.05) is 13.1 Å². The van der Waals surface area contributed by atoms with E-state index in [0.29, 0.717) is 17.8 Å². The third kappa shape index (κ3) is 3.81. The molecule has 1 unspecified atom stereocenters. The maximum Gasteiger partial charge on any atom is 0.416 e. The fourth-order valence-corrected chi connectivity index (χ4v) is 3.17. The van der Waals surface area contributed by atoms with Crippen LogP contribution in [0.4, 0.5) is 13.2 Å². The summed E-state index contributed by atoms with van der Waals surface area (Å²) >= 11 is 0. The van der Waals surface area contributed by atoms with Crippen molar-refractivity contribution in [3.63, 3.8) is 0 Å². The highest BCUT2D eigenvalue weighted by Gasteiger charge is 2.31. The van der Waals surface area contributed by atoms with Crippen molar-refractivity contribution in [3.8, 4) is 11.3 Å². The predicted molar refractivity (Wildman–Crippen MR) is 86.7 cm³/mol. The highest BCUT2D eigenvalue weighted by molar-refractivity contribution is 5.73. The second kappa shape index (κ2) is 6.82. The molecule has 2 heterocycles. The fourth-order valence-electron chi connectivity index (χ4n) is 3.17. The summed E-state index contributed by atoms with van der Waals surface area (Å²) in [6, 6.07) is 4.94. The van der Waals surface area contributed by atoms with Crippen molar-refractivity contribution in [1.29, 1.82) is 0 Å². The highest BCUT2D eigenvalue weighted by Crippen LogP contribution is 2.34. The van der Waals surface area contributed by atoms with Crippen molar-refractivity contribution < 1.29 is 18.0 Å². The molecule has 7 heteroatoms. The molecule has 0 aliphatic carbocycles. The summed E-state index contributed by atoms with van der Waals surface area (Å²) < 4.78 is 38.2. The van der Waals surface area contributed by atoms with Crippen LogP contribution in [0.3, 0.4) is 0 Å². The van der Waals surface area contributed by atoms with E-state index in [-0.39, 0.29) is 11.8 Å². The Morgan fingerprint density at radius 2 is 1.84 bits per heavy atom. The van der Waals surface area contributed by atoms with Gasteiger partial charge in [0.1, 0.15) is 0 Å². The first-order valence-corrected chi connectivity index (χ1v) is 8.10. The van der Waals surface area contributed by atoms with E-state index in [1.807, 2.05) is 0 Å². The lowest BCUT2D eigenvalue weighted by Gasteiger charge is -2.32. The topological polar surface area (TPSA) is 46.1 Å². The van der Waals surface area contributed by atoms with E-state index < -0.39 is 11.7 Å². The third-order valence-electron chi connectivity index (χ3n) is 4.47. The molecule has 1 saturated heterocycles. The molecule has 0 N–H and O–H groups in total. The molecule has 0 spiro atoms. The van der Waals surface area contributed by atoms with Gasteiger partial charge < -0.3 is 4.90 Å². The van der Waals surface area contributed by atoms with Crippen LogP contribution >= 0.6 is 0 Å². The average molecular weight is 349 g/mol. The van der Waals surface area contributed by atoms with Gasteiger partial charge in [0.2, 0.25) is 5.91 Å². The molecule has 1 aromatic heterocycles. The molecule has 25 heavy (non-hydrogen) atoms. The maximum atomic E-state index is 12.7. The summed E-state index contributed by atoms with van der Waals surface area (Å²) in [6.45, 7) is 2.82. The van der Waals surface area contributed by atoms with E-state index >= 15 is 0 Å². The highest BCUT2D eigenvalue weighted by atomic mass is 19.4. The van der Waals surface area contributed by atoms with Crippen molar-refractivity contribution in [2.24, 2.45) is 0 Å². The standard InChI is InChI=1S/C18H18F3N3O/c1-12(25)24-10-2-3-14(11-24)17-16(22-8-9-23-17)13-4-6-15(7-5-13)18(19,20)21/h4-9,14H,2-3,10-11H2,1H3. The van der Waals surface area contributed by atoms with Gasteiger partial charge in [-0.05, 0) is 25.0 Å². The number of piperidine rings is 1. The lowest BCUT2D eigenvalue weighted by atomic mass is 9.91. The molecule has 0 saturated carbocycles. The van der Waals surface area contributed by atoms with Crippen LogP contribution in [0.5, 0.6) is 0 Å². The van der Waals surface area contributed by atoms with Crippen molar-refractivity contribution in [2.45, 2.75) is 31.9 Å². The zero-order chi connectivity index (χ0) is 18.0. The number of likely N-dealkylation sites (tertiary alicyclic amines) is 1. The van der Waals surface area contributed by atoms with Crippen LogP contribution in [-0.2, 0) is 11.0 Å². The maximum absolute atomic E-state index is 12.7. The Balaban J connectivity index is 1.92. The van der Waals surface area contributed by atoms with E-state index in [2.05, 4.69) is 9.97 Å². The van der Waals surface area contributed by atoms with Crippen LogP contribution < -0.4 is 0 Å². The minimum atomic E-state index is -4.37. The molecule has 1 fully saturated rings. The van der Waals surface area contributed by atoms with E-state index in [0.717, 1.165) is 37.2 Å². The number of carbonyl (C=O) groups excluding carboxylic acids is 1. The van der Waals surface area contributed by atoms with Crippen LogP contribution in [0.2, 0.25) is 0 Å². The Kier molecular flexibility index (Phi) is 4.74. The minimum absolute atomic E-state index is 0.0182. The van der Waals surface area contributed by atoms with E-state index in [4.69, 9.17) is 0 Å². The number of alkyl halides is 3. The molecule has 1 aromatic carbocycles. The van der Waals surface area contributed by atoms with Gasteiger partial charge in [0.05, 0.1) is 17.0 Å². The summed E-state index contributed by atoms with van der Waals surface area (Å²) in [5.41, 5.74) is 1.21. The van der Waals surface area contributed by atoms with Gasteiger partial charge in [-0.3, -0.25) is 14.8 Å². The molecule has 1 amide bonds. The molecule has 0 bridgehead atoms. The van der Waals surface area contributed by atoms with Gasteiger partial charge in [-0.15, -0.1) is 0 Å². The van der Waals surface area contributed by atoms with Gasteiger partial charge in [0.25, 0.3) is 0 Å². The van der Waals surface area contributed by atoms with Crippen molar-refractivity contribution >= 4 is 5.91 Å². The Morgan fingerprint density at radius 1 is 1.16 bits per heavy atom. The van der Waals surface area contributed by atoms with Gasteiger partial charge in [0.15, 0.2) is 0 Å². The number of aromatic nitrogens is 2. The van der Waals surface area contributed by atoms with Crippen LogP contribution in [0, 0.1) is 0 Å². The second-order valence-corrected chi connectivity index (χ2v) is 6.17. The zero-order valence-corrected chi connectivity index (χ0v) is 13.8. The Bertz CT molecular complexity index is 759. The number of carbonyl (C=O) groups is 1. The monoisotopic (exact) mass is 349 g/mol. The van der Waals surface area contributed by atoms with E-state index in [9.17, 15) is 18.0 Å². The fraction of sp³-hybridized carbons (Fsp3) is 0.389. The molecular formula is C18H18F3N3O. The van der Waals surface area contributed by atoms with Gasteiger partial charge in [0, 0.05) is 43.9 Å². The van der Waals surface area contributed by atoms with Gasteiger partial charge >= 0.3 is 6.18 Å². The molecule has 1 aliphatic heterocycles. The number of nitrogens with zero attached hydrogens (tertiary/aromatic N) is 3. The average Bonchev–Trinajstić information content (AvgIpc) is 2.61. The Morgan fingerprint density at radius 3 is 2.48 bits per heavy atom. The number of hydrogen-bond donors (Lipinski definition) is 0. The summed E-state index contributed by atoms with van der Waals surface area (Å²) in [5, 5.41) is 0. The number of benzene rings is 1.